The summed E-state index contributed by atoms with van der Waals surface area (Å²) >= 11 is 0. The predicted molar refractivity (Wildman–Crippen MR) is 65.9 cm³/mol. The Morgan fingerprint density at radius 1 is 1.12 bits per heavy atom. The average molecular weight is 237 g/mol. The van der Waals surface area contributed by atoms with Crippen LogP contribution in [0.1, 0.15) is 51.4 Å². The highest BCUT2D eigenvalue weighted by molar-refractivity contribution is 5.74. The van der Waals surface area contributed by atoms with Gasteiger partial charge in [0.25, 0.3) is 0 Å². The van der Waals surface area contributed by atoms with Crippen LogP contribution in [-0.2, 0) is 4.79 Å². The summed E-state index contributed by atoms with van der Waals surface area (Å²) in [6.07, 6.45) is 10.0. The van der Waals surface area contributed by atoms with Gasteiger partial charge in [-0.15, -0.1) is 0 Å². The highest BCUT2D eigenvalue weighted by Crippen LogP contribution is 2.49. The minimum atomic E-state index is -0.578. The zero-order valence-electron chi connectivity index (χ0n) is 10.5. The molecule has 0 aromatic carbocycles. The van der Waals surface area contributed by atoms with Gasteiger partial charge < -0.3 is 5.11 Å². The summed E-state index contributed by atoms with van der Waals surface area (Å²) in [5.41, 5.74) is 0.544. The Morgan fingerprint density at radius 2 is 1.76 bits per heavy atom. The first-order chi connectivity index (χ1) is 8.20. The van der Waals surface area contributed by atoms with Crippen molar-refractivity contribution in [3.05, 3.63) is 0 Å². The Labute approximate surface area is 103 Å². The van der Waals surface area contributed by atoms with E-state index < -0.39 is 5.97 Å². The molecule has 0 radical (unpaired) electrons. The zero-order valence-corrected chi connectivity index (χ0v) is 10.5. The summed E-state index contributed by atoms with van der Waals surface area (Å²) < 4.78 is 0. The lowest BCUT2D eigenvalue weighted by Crippen LogP contribution is -2.65. The van der Waals surface area contributed by atoms with E-state index in [4.69, 9.17) is 0 Å². The zero-order chi connectivity index (χ0) is 11.9. The lowest BCUT2D eigenvalue weighted by Gasteiger charge is -2.58. The molecule has 3 rings (SSSR count). The molecule has 1 heterocycles. The summed E-state index contributed by atoms with van der Waals surface area (Å²) in [6, 6.07) is -0.179. The van der Waals surface area contributed by atoms with Crippen LogP contribution in [0.2, 0.25) is 0 Å². The monoisotopic (exact) mass is 237 g/mol. The molecule has 0 aromatic heterocycles. The summed E-state index contributed by atoms with van der Waals surface area (Å²) in [7, 11) is 0. The van der Waals surface area contributed by atoms with E-state index in [0.717, 1.165) is 25.9 Å². The van der Waals surface area contributed by atoms with Crippen molar-refractivity contribution in [2.75, 3.05) is 13.1 Å². The molecular formula is C14H23NO2. The number of carboxylic acids is 1. The fraction of sp³-hybridized carbons (Fsp3) is 0.929. The first kappa shape index (κ1) is 11.5. The Balaban J connectivity index is 1.62. The topological polar surface area (TPSA) is 40.5 Å². The minimum Gasteiger partial charge on any atom is -0.480 e. The van der Waals surface area contributed by atoms with Gasteiger partial charge in [-0.25, -0.2) is 0 Å². The molecule has 1 unspecified atom stereocenters. The third kappa shape index (κ3) is 1.99. The van der Waals surface area contributed by atoms with E-state index in [2.05, 4.69) is 4.90 Å². The van der Waals surface area contributed by atoms with Crippen LogP contribution >= 0.6 is 0 Å². The molecule has 0 bridgehead atoms. The second-order valence-corrected chi connectivity index (χ2v) is 6.44. The molecule has 0 aromatic rings. The molecule has 3 fully saturated rings. The van der Waals surface area contributed by atoms with Crippen LogP contribution in [0.4, 0.5) is 0 Å². The Morgan fingerprint density at radius 3 is 2.24 bits per heavy atom. The van der Waals surface area contributed by atoms with Crippen molar-refractivity contribution in [3.63, 3.8) is 0 Å². The molecule has 1 aliphatic heterocycles. The van der Waals surface area contributed by atoms with Crippen molar-refractivity contribution >= 4 is 5.97 Å². The number of hydrogen-bond acceptors (Lipinski definition) is 2. The van der Waals surface area contributed by atoms with E-state index in [1.54, 1.807) is 0 Å². The van der Waals surface area contributed by atoms with Crippen molar-refractivity contribution in [3.8, 4) is 0 Å². The fourth-order valence-corrected chi connectivity index (χ4v) is 4.11. The molecule has 0 amide bonds. The van der Waals surface area contributed by atoms with Gasteiger partial charge in [-0.1, -0.05) is 25.7 Å². The number of hydrogen-bond donors (Lipinski definition) is 1. The first-order valence-electron chi connectivity index (χ1n) is 7.17. The largest absolute Gasteiger partial charge is 0.480 e. The molecule has 2 saturated carbocycles. The number of rotatable bonds is 3. The Bertz CT molecular complexity index is 297. The van der Waals surface area contributed by atoms with E-state index in [0.29, 0.717) is 11.3 Å². The molecule has 3 heteroatoms. The maximum atomic E-state index is 11.5. The van der Waals surface area contributed by atoms with E-state index in [1.807, 2.05) is 0 Å². The van der Waals surface area contributed by atoms with E-state index >= 15 is 0 Å². The van der Waals surface area contributed by atoms with Crippen LogP contribution < -0.4 is 0 Å². The maximum absolute atomic E-state index is 11.5. The van der Waals surface area contributed by atoms with Gasteiger partial charge in [0, 0.05) is 13.1 Å². The van der Waals surface area contributed by atoms with Crippen LogP contribution in [0, 0.1) is 11.3 Å². The molecule has 1 spiro atoms. The van der Waals surface area contributed by atoms with Gasteiger partial charge in [0.2, 0.25) is 0 Å². The highest BCUT2D eigenvalue weighted by atomic mass is 16.4. The van der Waals surface area contributed by atoms with Gasteiger partial charge in [-0.2, -0.15) is 0 Å². The molecule has 96 valence electrons. The summed E-state index contributed by atoms with van der Waals surface area (Å²) in [5.74, 6) is -0.162. The third-order valence-electron chi connectivity index (χ3n) is 5.23. The van der Waals surface area contributed by atoms with E-state index in [1.165, 1.54) is 38.5 Å². The van der Waals surface area contributed by atoms with Gasteiger partial charge in [0.05, 0.1) is 0 Å². The van der Waals surface area contributed by atoms with Crippen LogP contribution in [0.25, 0.3) is 0 Å². The van der Waals surface area contributed by atoms with Crippen LogP contribution in [0.5, 0.6) is 0 Å². The van der Waals surface area contributed by atoms with Crippen molar-refractivity contribution in [2.45, 2.75) is 57.4 Å². The van der Waals surface area contributed by atoms with Crippen molar-refractivity contribution in [1.82, 2.24) is 4.90 Å². The molecule has 1 N–H and O–H groups in total. The quantitative estimate of drug-likeness (QED) is 0.820. The third-order valence-corrected chi connectivity index (χ3v) is 5.23. The molecule has 17 heavy (non-hydrogen) atoms. The van der Waals surface area contributed by atoms with Gasteiger partial charge in [-0.05, 0) is 37.0 Å². The molecule has 1 saturated heterocycles. The van der Waals surface area contributed by atoms with Gasteiger partial charge in [-0.3, -0.25) is 9.69 Å². The average Bonchev–Trinajstić information content (AvgIpc) is 2.20. The standard InChI is InChI=1S/C14H23NO2/c16-13(17)12(11-5-2-1-3-6-11)15-9-14(10-15)7-4-8-14/h11-12H,1-10H2,(H,16,17). The molecule has 2 aliphatic carbocycles. The van der Waals surface area contributed by atoms with Crippen molar-refractivity contribution < 1.29 is 9.90 Å². The summed E-state index contributed by atoms with van der Waals surface area (Å²) in [5, 5.41) is 9.48. The highest BCUT2D eigenvalue weighted by Gasteiger charge is 2.51. The van der Waals surface area contributed by atoms with Gasteiger partial charge >= 0.3 is 5.97 Å². The number of aliphatic carboxylic acids is 1. The lowest BCUT2D eigenvalue weighted by atomic mass is 9.62. The number of likely N-dealkylation sites (tertiary alicyclic amines) is 1. The van der Waals surface area contributed by atoms with Crippen LogP contribution in [0.15, 0.2) is 0 Å². The second kappa shape index (κ2) is 4.27. The predicted octanol–water partition coefficient (Wildman–Crippen LogP) is 2.51. The Kier molecular flexibility index (Phi) is 2.89. The molecular weight excluding hydrogens is 214 g/mol. The Hall–Kier alpha value is -0.570. The smallest absolute Gasteiger partial charge is 0.321 e. The van der Waals surface area contributed by atoms with Crippen LogP contribution in [0.3, 0.4) is 0 Å². The summed E-state index contributed by atoms with van der Waals surface area (Å²) in [4.78, 5) is 13.8. The fourth-order valence-electron chi connectivity index (χ4n) is 4.11. The molecule has 1 atom stereocenters. The number of carbonyl (C=O) groups is 1. The molecule has 3 nitrogen and oxygen atoms in total. The minimum absolute atomic E-state index is 0.179. The number of nitrogens with zero attached hydrogens (tertiary/aromatic N) is 1. The normalized spacial score (nSPS) is 30.6. The lowest BCUT2D eigenvalue weighted by molar-refractivity contribution is -0.159. The summed E-state index contributed by atoms with van der Waals surface area (Å²) in [6.45, 7) is 2.11. The van der Waals surface area contributed by atoms with Gasteiger partial charge in [0.1, 0.15) is 6.04 Å². The second-order valence-electron chi connectivity index (χ2n) is 6.44. The maximum Gasteiger partial charge on any atom is 0.321 e. The first-order valence-corrected chi connectivity index (χ1v) is 7.17. The van der Waals surface area contributed by atoms with Crippen molar-refractivity contribution in [2.24, 2.45) is 11.3 Å². The molecule has 3 aliphatic rings. The van der Waals surface area contributed by atoms with Crippen LogP contribution in [-0.4, -0.2) is 35.1 Å². The van der Waals surface area contributed by atoms with Crippen molar-refractivity contribution in [1.29, 1.82) is 0 Å². The number of carboxylic acid groups (broad SMARTS) is 1. The van der Waals surface area contributed by atoms with Gasteiger partial charge in [0.15, 0.2) is 0 Å². The van der Waals surface area contributed by atoms with E-state index in [-0.39, 0.29) is 6.04 Å². The SMILES string of the molecule is O=C(O)C(C1CCCCC1)N1CC2(CCC2)C1. The van der Waals surface area contributed by atoms with E-state index in [9.17, 15) is 9.90 Å².